The average molecular weight is 411 g/mol. The van der Waals surface area contributed by atoms with Crippen molar-refractivity contribution in [3.8, 4) is 5.75 Å². The summed E-state index contributed by atoms with van der Waals surface area (Å²) in [5.74, 6) is 1.83. The van der Waals surface area contributed by atoms with Crippen molar-refractivity contribution in [1.82, 2.24) is 14.8 Å². The molecule has 6 nitrogen and oxygen atoms in total. The van der Waals surface area contributed by atoms with Crippen LogP contribution in [0.25, 0.3) is 0 Å². The molecule has 0 aliphatic carbocycles. The number of nitrogens with zero attached hydrogens (tertiary/aromatic N) is 3. The molecule has 0 bridgehead atoms. The lowest BCUT2D eigenvalue weighted by Crippen LogP contribution is -2.14. The Morgan fingerprint density at radius 1 is 1.10 bits per heavy atom. The molecule has 0 radical (unpaired) electrons. The molecule has 1 aromatic heterocycles. The topological polar surface area (TPSA) is 69.0 Å². The van der Waals surface area contributed by atoms with Gasteiger partial charge in [-0.3, -0.25) is 4.79 Å². The van der Waals surface area contributed by atoms with Gasteiger partial charge in [0, 0.05) is 5.69 Å². The molecule has 3 rings (SSSR count). The van der Waals surface area contributed by atoms with Crippen LogP contribution in [0, 0.1) is 6.92 Å². The fourth-order valence-electron chi connectivity index (χ4n) is 2.71. The van der Waals surface area contributed by atoms with Crippen LogP contribution in [0.3, 0.4) is 0 Å². The molecule has 0 aliphatic heterocycles. The number of anilines is 1. The third-order valence-corrected chi connectivity index (χ3v) is 5.29. The summed E-state index contributed by atoms with van der Waals surface area (Å²) < 4.78 is 7.66. The Bertz CT molecular complexity index is 910. The summed E-state index contributed by atoms with van der Waals surface area (Å²) in [7, 11) is 0. The predicted octanol–water partition coefficient (Wildman–Crippen LogP) is 4.54. The van der Waals surface area contributed by atoms with Gasteiger partial charge in [-0.15, -0.1) is 10.2 Å². The summed E-state index contributed by atoms with van der Waals surface area (Å²) in [6, 6.07) is 17.6. The predicted molar refractivity (Wildman–Crippen MR) is 117 cm³/mol. The van der Waals surface area contributed by atoms with Crippen LogP contribution in [0.1, 0.15) is 31.2 Å². The Hall–Kier alpha value is -2.80. The second kappa shape index (κ2) is 10.7. The van der Waals surface area contributed by atoms with Crippen molar-refractivity contribution in [2.24, 2.45) is 0 Å². The molecule has 1 heterocycles. The number of benzene rings is 2. The molecule has 0 fully saturated rings. The van der Waals surface area contributed by atoms with E-state index < -0.39 is 0 Å². The normalized spacial score (nSPS) is 10.7. The van der Waals surface area contributed by atoms with Gasteiger partial charge in [-0.25, -0.2) is 0 Å². The van der Waals surface area contributed by atoms with Gasteiger partial charge in [0.05, 0.1) is 18.9 Å². The number of hydrogen-bond donors (Lipinski definition) is 1. The van der Waals surface area contributed by atoms with Crippen LogP contribution in [0.4, 0.5) is 5.69 Å². The van der Waals surface area contributed by atoms with Gasteiger partial charge in [0.25, 0.3) is 0 Å². The molecular weight excluding hydrogens is 384 g/mol. The minimum Gasteiger partial charge on any atom is -0.494 e. The van der Waals surface area contributed by atoms with Crippen LogP contribution >= 0.6 is 11.8 Å². The first-order valence-electron chi connectivity index (χ1n) is 9.75. The van der Waals surface area contributed by atoms with Gasteiger partial charge >= 0.3 is 0 Å². The van der Waals surface area contributed by atoms with Gasteiger partial charge in [0.15, 0.2) is 5.16 Å². The van der Waals surface area contributed by atoms with E-state index in [0.29, 0.717) is 13.2 Å². The quantitative estimate of drug-likeness (QED) is 0.392. The zero-order chi connectivity index (χ0) is 20.5. The summed E-state index contributed by atoms with van der Waals surface area (Å²) >= 11 is 1.38. The molecule has 152 valence electrons. The van der Waals surface area contributed by atoms with Gasteiger partial charge in [0.2, 0.25) is 5.91 Å². The maximum Gasteiger partial charge on any atom is 0.234 e. The third kappa shape index (κ3) is 6.35. The van der Waals surface area contributed by atoms with E-state index in [-0.39, 0.29) is 11.7 Å². The minimum absolute atomic E-state index is 0.0819. The number of thioether (sulfide) groups is 1. The van der Waals surface area contributed by atoms with Crippen molar-refractivity contribution < 1.29 is 9.53 Å². The lowest BCUT2D eigenvalue weighted by Gasteiger charge is -2.09. The van der Waals surface area contributed by atoms with Gasteiger partial charge in [-0.1, -0.05) is 55.4 Å². The summed E-state index contributed by atoms with van der Waals surface area (Å²) in [5.41, 5.74) is 1.92. The van der Waals surface area contributed by atoms with E-state index in [9.17, 15) is 4.79 Å². The van der Waals surface area contributed by atoms with Crippen LogP contribution in [0.2, 0.25) is 0 Å². The molecule has 0 atom stereocenters. The van der Waals surface area contributed by atoms with Gasteiger partial charge in [-0.2, -0.15) is 0 Å². The number of hydrogen-bond acceptors (Lipinski definition) is 5. The number of ether oxygens (including phenoxy) is 1. The number of aromatic nitrogens is 3. The monoisotopic (exact) mass is 410 g/mol. The van der Waals surface area contributed by atoms with Gasteiger partial charge in [-0.05, 0) is 43.2 Å². The molecule has 2 aromatic carbocycles. The summed E-state index contributed by atoms with van der Waals surface area (Å²) in [6.07, 6.45) is 2.13. The first-order chi connectivity index (χ1) is 14.2. The molecule has 1 N–H and O–H groups in total. The first-order valence-corrected chi connectivity index (χ1v) is 10.7. The van der Waals surface area contributed by atoms with E-state index in [4.69, 9.17) is 4.74 Å². The largest absolute Gasteiger partial charge is 0.494 e. The van der Waals surface area contributed by atoms with Crippen molar-refractivity contribution in [2.75, 3.05) is 17.7 Å². The van der Waals surface area contributed by atoms with Crippen LogP contribution in [0.15, 0.2) is 59.8 Å². The van der Waals surface area contributed by atoms with Crippen molar-refractivity contribution in [2.45, 2.75) is 38.4 Å². The molecule has 1 amide bonds. The highest BCUT2D eigenvalue weighted by Gasteiger charge is 2.12. The number of aryl methyl sites for hydroxylation is 1. The number of nitrogens with one attached hydrogen (secondary N) is 1. The smallest absolute Gasteiger partial charge is 0.234 e. The molecule has 3 aromatic rings. The number of carbonyl (C=O) groups is 1. The maximum absolute atomic E-state index is 12.3. The lowest BCUT2D eigenvalue weighted by atomic mass is 10.2. The van der Waals surface area contributed by atoms with Crippen molar-refractivity contribution in [3.63, 3.8) is 0 Å². The number of rotatable bonds is 10. The number of amides is 1. The average Bonchev–Trinajstić information content (AvgIpc) is 3.08. The second-order valence-electron chi connectivity index (χ2n) is 6.66. The highest BCUT2D eigenvalue weighted by atomic mass is 32.2. The standard InChI is InChI=1S/C22H26N4O2S/c1-3-4-14-28-20-12-10-19(11-13-20)23-21(27)16-29-22-25-24-17(2)26(22)15-18-8-6-5-7-9-18/h5-13H,3-4,14-16H2,1-2H3,(H,23,27). The highest BCUT2D eigenvalue weighted by molar-refractivity contribution is 7.99. The first kappa shape index (κ1) is 20.9. The number of carbonyl (C=O) groups excluding carboxylic acids is 1. The van der Waals surface area contributed by atoms with Crippen LogP contribution in [-0.2, 0) is 11.3 Å². The fourth-order valence-corrected chi connectivity index (χ4v) is 3.50. The minimum atomic E-state index is -0.0819. The Kier molecular flexibility index (Phi) is 7.69. The highest BCUT2D eigenvalue weighted by Crippen LogP contribution is 2.20. The Morgan fingerprint density at radius 2 is 1.86 bits per heavy atom. The van der Waals surface area contributed by atoms with Crippen molar-refractivity contribution >= 4 is 23.4 Å². The van der Waals surface area contributed by atoms with Crippen molar-refractivity contribution in [1.29, 1.82) is 0 Å². The second-order valence-corrected chi connectivity index (χ2v) is 7.61. The fraction of sp³-hybridized carbons (Fsp3) is 0.318. The lowest BCUT2D eigenvalue weighted by molar-refractivity contribution is -0.113. The van der Waals surface area contributed by atoms with E-state index in [2.05, 4.69) is 34.6 Å². The van der Waals surface area contributed by atoms with E-state index in [1.165, 1.54) is 17.3 Å². The van der Waals surface area contributed by atoms with Gasteiger partial charge < -0.3 is 14.6 Å². The van der Waals surface area contributed by atoms with Crippen molar-refractivity contribution in [3.05, 3.63) is 66.0 Å². The zero-order valence-electron chi connectivity index (χ0n) is 16.8. The Balaban J connectivity index is 1.52. The van der Waals surface area contributed by atoms with Crippen LogP contribution in [0.5, 0.6) is 5.75 Å². The Labute approximate surface area is 175 Å². The third-order valence-electron chi connectivity index (χ3n) is 4.32. The van der Waals surface area contributed by atoms with E-state index >= 15 is 0 Å². The van der Waals surface area contributed by atoms with Crippen LogP contribution < -0.4 is 10.1 Å². The molecule has 0 spiro atoms. The molecule has 29 heavy (non-hydrogen) atoms. The SMILES string of the molecule is CCCCOc1ccc(NC(=O)CSc2nnc(C)n2Cc2ccccc2)cc1. The zero-order valence-corrected chi connectivity index (χ0v) is 17.6. The molecular formula is C22H26N4O2S. The molecule has 0 saturated carbocycles. The number of unbranched alkanes of at least 4 members (excludes halogenated alkanes) is 1. The molecule has 0 aliphatic rings. The van der Waals surface area contributed by atoms with E-state index in [0.717, 1.165) is 35.3 Å². The summed E-state index contributed by atoms with van der Waals surface area (Å²) in [5, 5.41) is 12.0. The molecule has 0 unspecified atom stereocenters. The van der Waals surface area contributed by atoms with E-state index in [1.807, 2.05) is 54.0 Å². The maximum atomic E-state index is 12.3. The molecule has 7 heteroatoms. The molecule has 0 saturated heterocycles. The van der Waals surface area contributed by atoms with Crippen LogP contribution in [-0.4, -0.2) is 33.0 Å². The Morgan fingerprint density at radius 3 is 2.59 bits per heavy atom. The summed E-state index contributed by atoms with van der Waals surface area (Å²) in [4.78, 5) is 12.3. The van der Waals surface area contributed by atoms with Gasteiger partial charge in [0.1, 0.15) is 11.6 Å². The summed E-state index contributed by atoms with van der Waals surface area (Å²) in [6.45, 7) is 5.45. The van der Waals surface area contributed by atoms with E-state index in [1.54, 1.807) is 0 Å².